The molecule has 0 saturated carbocycles. The summed E-state index contributed by atoms with van der Waals surface area (Å²) in [6.07, 6.45) is 1.48. The van der Waals surface area contributed by atoms with E-state index in [1.54, 1.807) is 50.2 Å². The van der Waals surface area contributed by atoms with E-state index in [2.05, 4.69) is 15.6 Å². The number of aromatic nitrogens is 1. The lowest BCUT2D eigenvalue weighted by Gasteiger charge is -2.21. The van der Waals surface area contributed by atoms with Gasteiger partial charge in [-0.1, -0.05) is 37.6 Å². The summed E-state index contributed by atoms with van der Waals surface area (Å²) in [5.41, 5.74) is 0.595. The molecule has 0 unspecified atom stereocenters. The van der Waals surface area contributed by atoms with Crippen LogP contribution in [0.3, 0.4) is 0 Å². The van der Waals surface area contributed by atoms with Crippen LogP contribution in [-0.4, -0.2) is 42.5 Å². The van der Waals surface area contributed by atoms with Crippen LogP contribution in [0.15, 0.2) is 42.6 Å². The smallest absolute Gasteiger partial charge is 0.329 e. The van der Waals surface area contributed by atoms with Crippen LogP contribution in [-0.2, 0) is 14.3 Å². The first-order valence-corrected chi connectivity index (χ1v) is 9.22. The fourth-order valence-corrected chi connectivity index (χ4v) is 2.61. The maximum atomic E-state index is 12.6. The summed E-state index contributed by atoms with van der Waals surface area (Å²) in [5.74, 6) is -1.67. The number of amides is 2. The molecule has 9 heteroatoms. The quantitative estimate of drug-likeness (QED) is 0.503. The van der Waals surface area contributed by atoms with Crippen molar-refractivity contribution in [1.82, 2.24) is 10.3 Å². The van der Waals surface area contributed by atoms with E-state index in [1.807, 2.05) is 0 Å². The summed E-state index contributed by atoms with van der Waals surface area (Å²) in [6, 6.07) is 8.88. The average molecular weight is 420 g/mol. The highest BCUT2D eigenvalue weighted by Crippen LogP contribution is 2.18. The topological polar surface area (TPSA) is 107 Å². The molecule has 1 atom stereocenters. The van der Waals surface area contributed by atoms with Crippen molar-refractivity contribution in [2.24, 2.45) is 5.92 Å². The number of carbonyl (C=O) groups excluding carboxylic acids is 3. The normalized spacial score (nSPS) is 11.5. The molecule has 1 aromatic carbocycles. The Morgan fingerprint density at radius 3 is 2.52 bits per heavy atom. The summed E-state index contributed by atoms with van der Waals surface area (Å²) < 4.78 is 10.2. The van der Waals surface area contributed by atoms with Crippen molar-refractivity contribution < 1.29 is 23.9 Å². The summed E-state index contributed by atoms with van der Waals surface area (Å²) in [7, 11) is 1.45. The Bertz CT molecular complexity index is 888. The largest absolute Gasteiger partial charge is 0.496 e. The van der Waals surface area contributed by atoms with Gasteiger partial charge in [0.15, 0.2) is 11.8 Å². The van der Waals surface area contributed by atoms with Crippen LogP contribution in [0.5, 0.6) is 5.75 Å². The molecule has 2 amide bonds. The highest BCUT2D eigenvalue weighted by molar-refractivity contribution is 6.32. The van der Waals surface area contributed by atoms with Gasteiger partial charge in [-0.15, -0.1) is 0 Å². The van der Waals surface area contributed by atoms with Crippen molar-refractivity contribution in [1.29, 1.82) is 0 Å². The van der Waals surface area contributed by atoms with E-state index in [4.69, 9.17) is 21.1 Å². The summed E-state index contributed by atoms with van der Waals surface area (Å²) in [4.78, 5) is 40.9. The minimum Gasteiger partial charge on any atom is -0.496 e. The maximum Gasteiger partial charge on any atom is 0.329 e. The number of halogens is 1. The minimum absolute atomic E-state index is 0.122. The molecule has 0 aliphatic carbocycles. The van der Waals surface area contributed by atoms with E-state index in [1.165, 1.54) is 13.3 Å². The van der Waals surface area contributed by atoms with Crippen molar-refractivity contribution in [2.45, 2.75) is 19.9 Å². The number of rotatable bonds is 8. The molecular weight excluding hydrogens is 398 g/mol. The van der Waals surface area contributed by atoms with E-state index < -0.39 is 30.4 Å². The Balaban J connectivity index is 1.97. The van der Waals surface area contributed by atoms with Gasteiger partial charge in [0.25, 0.3) is 11.8 Å². The Hall–Kier alpha value is -3.13. The molecule has 2 aromatic rings. The second kappa shape index (κ2) is 10.4. The number of methoxy groups -OCH3 is 1. The summed E-state index contributed by atoms with van der Waals surface area (Å²) in [6.45, 7) is 2.98. The lowest BCUT2D eigenvalue weighted by atomic mass is 10.0. The van der Waals surface area contributed by atoms with Crippen molar-refractivity contribution in [3.63, 3.8) is 0 Å². The van der Waals surface area contributed by atoms with Gasteiger partial charge < -0.3 is 20.1 Å². The van der Waals surface area contributed by atoms with Crippen LogP contribution in [0.25, 0.3) is 0 Å². The Labute approximate surface area is 173 Å². The first-order valence-electron chi connectivity index (χ1n) is 8.84. The van der Waals surface area contributed by atoms with Crippen LogP contribution in [0.2, 0.25) is 5.15 Å². The van der Waals surface area contributed by atoms with Gasteiger partial charge in [-0.25, -0.2) is 9.78 Å². The number of ether oxygens (including phenoxy) is 2. The molecule has 0 spiro atoms. The van der Waals surface area contributed by atoms with Crippen LogP contribution in [0.1, 0.15) is 24.2 Å². The average Bonchev–Trinajstić information content (AvgIpc) is 2.71. The van der Waals surface area contributed by atoms with Crippen LogP contribution in [0.4, 0.5) is 5.69 Å². The second-order valence-corrected chi connectivity index (χ2v) is 6.75. The Kier molecular flexibility index (Phi) is 7.97. The highest BCUT2D eigenvalue weighted by atomic mass is 35.5. The lowest BCUT2D eigenvalue weighted by Crippen LogP contribution is -2.46. The fraction of sp³-hybridized carbons (Fsp3) is 0.300. The van der Waals surface area contributed by atoms with Gasteiger partial charge in [-0.2, -0.15) is 0 Å². The zero-order chi connectivity index (χ0) is 21.4. The van der Waals surface area contributed by atoms with Crippen LogP contribution >= 0.6 is 11.6 Å². The third kappa shape index (κ3) is 6.18. The molecule has 0 aliphatic rings. The molecule has 0 aliphatic heterocycles. The Morgan fingerprint density at radius 1 is 1.14 bits per heavy atom. The van der Waals surface area contributed by atoms with Crippen molar-refractivity contribution in [3.8, 4) is 5.75 Å². The van der Waals surface area contributed by atoms with Gasteiger partial charge in [0.2, 0.25) is 0 Å². The number of carbonyl (C=O) groups is 3. The number of esters is 1. The summed E-state index contributed by atoms with van der Waals surface area (Å²) in [5, 5.41) is 5.26. The van der Waals surface area contributed by atoms with Gasteiger partial charge in [0.05, 0.1) is 18.4 Å². The summed E-state index contributed by atoms with van der Waals surface area (Å²) >= 11 is 5.87. The van der Waals surface area contributed by atoms with E-state index in [-0.39, 0.29) is 16.6 Å². The van der Waals surface area contributed by atoms with Crippen molar-refractivity contribution >= 4 is 35.1 Å². The van der Waals surface area contributed by atoms with Gasteiger partial charge >= 0.3 is 5.97 Å². The van der Waals surface area contributed by atoms with Gasteiger partial charge in [-0.3, -0.25) is 9.59 Å². The van der Waals surface area contributed by atoms with Gasteiger partial charge in [-0.05, 0) is 30.2 Å². The zero-order valence-corrected chi connectivity index (χ0v) is 17.0. The number of nitrogens with zero attached hydrogens (tertiary/aromatic N) is 1. The third-order valence-electron chi connectivity index (χ3n) is 3.94. The van der Waals surface area contributed by atoms with Gasteiger partial charge in [0.1, 0.15) is 11.8 Å². The van der Waals surface area contributed by atoms with Gasteiger partial charge in [0, 0.05) is 6.20 Å². The molecular formula is C20H22ClN3O5. The van der Waals surface area contributed by atoms with Crippen LogP contribution < -0.4 is 15.4 Å². The van der Waals surface area contributed by atoms with E-state index in [0.717, 1.165) is 0 Å². The molecule has 1 heterocycles. The molecule has 29 heavy (non-hydrogen) atoms. The molecule has 0 saturated heterocycles. The molecule has 0 radical (unpaired) electrons. The van der Waals surface area contributed by atoms with E-state index >= 15 is 0 Å². The number of para-hydroxylation sites is 1. The lowest BCUT2D eigenvalue weighted by molar-refractivity contribution is -0.150. The predicted octanol–water partition coefficient (Wildman–Crippen LogP) is 2.68. The highest BCUT2D eigenvalue weighted by Gasteiger charge is 2.27. The molecule has 154 valence electrons. The number of pyridine rings is 1. The number of benzene rings is 1. The number of nitrogens with one attached hydrogen (secondary N) is 2. The predicted molar refractivity (Wildman–Crippen MR) is 108 cm³/mol. The monoisotopic (exact) mass is 419 g/mol. The molecule has 2 N–H and O–H groups in total. The fourth-order valence-electron chi connectivity index (χ4n) is 2.44. The van der Waals surface area contributed by atoms with E-state index in [0.29, 0.717) is 11.4 Å². The third-order valence-corrected chi connectivity index (χ3v) is 4.24. The number of hydrogen-bond acceptors (Lipinski definition) is 6. The first kappa shape index (κ1) is 22.2. The zero-order valence-electron chi connectivity index (χ0n) is 16.3. The Morgan fingerprint density at radius 2 is 1.86 bits per heavy atom. The SMILES string of the molecule is COc1ccccc1C(=O)N[C@H](C(=O)OCC(=O)Nc1cccnc1Cl)C(C)C. The molecule has 8 nitrogen and oxygen atoms in total. The van der Waals surface area contributed by atoms with Crippen molar-refractivity contribution in [3.05, 3.63) is 53.3 Å². The molecule has 1 aromatic heterocycles. The molecule has 2 rings (SSSR count). The molecule has 0 bridgehead atoms. The maximum absolute atomic E-state index is 12.6. The number of hydrogen-bond donors (Lipinski definition) is 2. The molecule has 0 fully saturated rings. The van der Waals surface area contributed by atoms with E-state index in [9.17, 15) is 14.4 Å². The first-order chi connectivity index (χ1) is 13.8. The van der Waals surface area contributed by atoms with Crippen molar-refractivity contribution in [2.75, 3.05) is 19.0 Å². The second-order valence-electron chi connectivity index (χ2n) is 6.39. The standard InChI is InChI=1S/C20H22ClN3O5/c1-12(2)17(24-19(26)13-7-4-5-9-15(13)28-3)20(27)29-11-16(25)23-14-8-6-10-22-18(14)21/h4-10,12,17H,11H2,1-3H3,(H,23,25)(H,24,26)/t17-/m0/s1. The minimum atomic E-state index is -0.942. The van der Waals surface area contributed by atoms with Crippen LogP contribution in [0, 0.1) is 5.92 Å². The number of anilines is 1.